The Morgan fingerprint density at radius 2 is 2.07 bits per heavy atom. The summed E-state index contributed by atoms with van der Waals surface area (Å²) >= 11 is 0. The number of carbonyl (C=O) groups is 3. The summed E-state index contributed by atoms with van der Waals surface area (Å²) in [6.07, 6.45) is 0.902. The van der Waals surface area contributed by atoms with Crippen LogP contribution >= 0.6 is 0 Å². The molecule has 0 N–H and O–H groups in total. The summed E-state index contributed by atoms with van der Waals surface area (Å²) in [5.41, 5.74) is 0.298. The summed E-state index contributed by atoms with van der Waals surface area (Å²) in [4.78, 5) is 43.9. The molecule has 0 unspecified atom stereocenters. The van der Waals surface area contributed by atoms with E-state index in [1.165, 1.54) is 13.8 Å². The minimum atomic E-state index is -1.22. The van der Waals surface area contributed by atoms with Crippen LogP contribution in [0.25, 0.3) is 11.1 Å². The molecule has 1 atom stereocenters. The number of para-hydroxylation sites is 2. The topological polar surface area (TPSA) is 92.9 Å². The Balaban J connectivity index is 1.45. The molecule has 8 nitrogen and oxygen atoms in total. The number of ether oxygens (including phenoxy) is 1. The van der Waals surface area contributed by atoms with E-state index in [0.717, 1.165) is 28.8 Å². The number of aromatic nitrogens is 1. The first-order chi connectivity index (χ1) is 12.8. The molecule has 2 saturated heterocycles. The first-order valence-electron chi connectivity index (χ1n) is 9.03. The van der Waals surface area contributed by atoms with E-state index in [0.29, 0.717) is 19.0 Å². The van der Waals surface area contributed by atoms with Crippen LogP contribution in [0.4, 0.5) is 4.79 Å². The molecular weight excluding hydrogens is 350 g/mol. The summed E-state index contributed by atoms with van der Waals surface area (Å²) in [5.74, 6) is -0.161. The number of nitrogens with zero attached hydrogens (tertiary/aromatic N) is 3. The molecule has 2 aliphatic rings. The number of rotatable bonds is 3. The number of hydrogen-bond donors (Lipinski definition) is 0. The van der Waals surface area contributed by atoms with Gasteiger partial charge in [0.25, 0.3) is 5.91 Å². The summed E-state index contributed by atoms with van der Waals surface area (Å²) in [6.45, 7) is 3.76. The molecule has 142 valence electrons. The summed E-state index contributed by atoms with van der Waals surface area (Å²) in [7, 11) is 0. The standard InChI is InChI=1S/C19H21N3O5/c1-19(2)17(24)22(18(25)27-19)11-15(23)21-9-5-6-12(10-21)16-20-13-7-3-4-8-14(13)26-16/h3-4,7-8,12H,5-6,9-11H2,1-2H3/t12-/m0/s1. The molecule has 2 aliphatic heterocycles. The van der Waals surface area contributed by atoms with E-state index in [4.69, 9.17) is 9.15 Å². The monoisotopic (exact) mass is 371 g/mol. The van der Waals surface area contributed by atoms with Crippen LogP contribution in [0, 0.1) is 0 Å². The van der Waals surface area contributed by atoms with Crippen molar-refractivity contribution in [2.24, 2.45) is 0 Å². The van der Waals surface area contributed by atoms with Gasteiger partial charge in [0.1, 0.15) is 12.1 Å². The average molecular weight is 371 g/mol. The zero-order valence-electron chi connectivity index (χ0n) is 15.3. The molecule has 3 heterocycles. The van der Waals surface area contributed by atoms with E-state index in [9.17, 15) is 14.4 Å². The third-order valence-corrected chi connectivity index (χ3v) is 5.05. The van der Waals surface area contributed by atoms with Gasteiger partial charge in [0.2, 0.25) is 5.91 Å². The SMILES string of the molecule is CC1(C)OC(=O)N(CC(=O)N2CCC[C@H](c3nc4ccccc4o3)C2)C1=O. The van der Waals surface area contributed by atoms with Gasteiger partial charge in [-0.1, -0.05) is 12.1 Å². The first kappa shape index (κ1) is 17.5. The number of imide groups is 1. The highest BCUT2D eigenvalue weighted by Gasteiger charge is 2.48. The third-order valence-electron chi connectivity index (χ3n) is 5.05. The maximum absolute atomic E-state index is 12.7. The first-order valence-corrected chi connectivity index (χ1v) is 9.03. The fourth-order valence-corrected chi connectivity index (χ4v) is 3.57. The van der Waals surface area contributed by atoms with E-state index in [1.54, 1.807) is 4.90 Å². The summed E-state index contributed by atoms with van der Waals surface area (Å²) < 4.78 is 10.9. The highest BCUT2D eigenvalue weighted by atomic mass is 16.6. The predicted octanol–water partition coefficient (Wildman–Crippen LogP) is 2.29. The Morgan fingerprint density at radius 1 is 1.30 bits per heavy atom. The molecule has 27 heavy (non-hydrogen) atoms. The lowest BCUT2D eigenvalue weighted by molar-refractivity contribution is -0.140. The van der Waals surface area contributed by atoms with Crippen molar-refractivity contribution >= 4 is 29.0 Å². The van der Waals surface area contributed by atoms with Crippen LogP contribution in [0.15, 0.2) is 28.7 Å². The van der Waals surface area contributed by atoms with Gasteiger partial charge in [-0.05, 0) is 38.8 Å². The summed E-state index contributed by atoms with van der Waals surface area (Å²) in [6, 6.07) is 7.55. The van der Waals surface area contributed by atoms with Gasteiger partial charge < -0.3 is 14.1 Å². The lowest BCUT2D eigenvalue weighted by atomic mass is 9.98. The van der Waals surface area contributed by atoms with Gasteiger partial charge in [-0.25, -0.2) is 14.7 Å². The zero-order valence-corrected chi connectivity index (χ0v) is 15.3. The highest BCUT2D eigenvalue weighted by Crippen LogP contribution is 2.29. The molecule has 0 radical (unpaired) electrons. The van der Waals surface area contributed by atoms with Gasteiger partial charge in [0.15, 0.2) is 17.1 Å². The molecule has 2 aromatic rings. The summed E-state index contributed by atoms with van der Waals surface area (Å²) in [5, 5.41) is 0. The number of hydrogen-bond acceptors (Lipinski definition) is 6. The average Bonchev–Trinajstić information content (AvgIpc) is 3.16. The number of piperidine rings is 1. The van der Waals surface area contributed by atoms with Crippen molar-refractivity contribution in [1.82, 2.24) is 14.8 Å². The van der Waals surface area contributed by atoms with Gasteiger partial charge in [0.05, 0.1) is 5.92 Å². The molecule has 3 amide bonds. The highest BCUT2D eigenvalue weighted by molar-refractivity contribution is 6.04. The van der Waals surface area contributed by atoms with Gasteiger partial charge >= 0.3 is 6.09 Å². The van der Waals surface area contributed by atoms with Crippen LogP contribution in [0.2, 0.25) is 0 Å². The van der Waals surface area contributed by atoms with Crippen LogP contribution in [-0.4, -0.2) is 57.9 Å². The Morgan fingerprint density at radius 3 is 2.78 bits per heavy atom. The molecule has 0 aliphatic carbocycles. The Kier molecular flexibility index (Phi) is 4.13. The molecule has 1 aromatic carbocycles. The maximum atomic E-state index is 12.7. The molecule has 0 spiro atoms. The van der Waals surface area contributed by atoms with Gasteiger partial charge in [-0.15, -0.1) is 0 Å². The van der Waals surface area contributed by atoms with Gasteiger partial charge in [-0.3, -0.25) is 9.59 Å². The van der Waals surface area contributed by atoms with Gasteiger partial charge in [-0.2, -0.15) is 0 Å². The Bertz CT molecular complexity index is 886. The maximum Gasteiger partial charge on any atom is 0.418 e. The fraction of sp³-hybridized carbons (Fsp3) is 0.474. The second kappa shape index (κ2) is 6.37. The number of amides is 3. The Labute approximate surface area is 156 Å². The van der Waals surface area contributed by atoms with Crippen molar-refractivity contribution in [2.45, 2.75) is 38.2 Å². The van der Waals surface area contributed by atoms with Crippen LogP contribution in [-0.2, 0) is 14.3 Å². The molecule has 1 aromatic heterocycles. The minimum Gasteiger partial charge on any atom is -0.440 e. The lowest BCUT2D eigenvalue weighted by Gasteiger charge is -2.32. The van der Waals surface area contributed by atoms with Crippen LogP contribution in [0.3, 0.4) is 0 Å². The van der Waals surface area contributed by atoms with E-state index in [2.05, 4.69) is 4.98 Å². The molecule has 2 fully saturated rings. The fourth-order valence-electron chi connectivity index (χ4n) is 3.57. The van der Waals surface area contributed by atoms with Crippen molar-refractivity contribution in [2.75, 3.05) is 19.6 Å². The number of oxazole rings is 1. The normalized spacial score (nSPS) is 22.4. The number of fused-ring (bicyclic) bond motifs is 1. The number of carbonyl (C=O) groups excluding carboxylic acids is 3. The molecule has 8 heteroatoms. The number of benzene rings is 1. The van der Waals surface area contributed by atoms with Crippen LogP contribution in [0.1, 0.15) is 38.5 Å². The van der Waals surface area contributed by atoms with Crippen LogP contribution < -0.4 is 0 Å². The van der Waals surface area contributed by atoms with E-state index < -0.39 is 17.6 Å². The van der Waals surface area contributed by atoms with E-state index in [-0.39, 0.29) is 18.4 Å². The van der Waals surface area contributed by atoms with Crippen molar-refractivity contribution in [3.8, 4) is 0 Å². The molecular formula is C19H21N3O5. The number of likely N-dealkylation sites (tertiary alicyclic amines) is 1. The van der Waals surface area contributed by atoms with E-state index in [1.807, 2.05) is 24.3 Å². The van der Waals surface area contributed by atoms with Crippen LogP contribution in [0.5, 0.6) is 0 Å². The molecule has 0 saturated carbocycles. The molecule has 0 bridgehead atoms. The second-order valence-electron chi connectivity index (χ2n) is 7.47. The van der Waals surface area contributed by atoms with E-state index >= 15 is 0 Å². The van der Waals surface area contributed by atoms with Crippen molar-refractivity contribution < 1.29 is 23.5 Å². The van der Waals surface area contributed by atoms with Crippen molar-refractivity contribution in [3.05, 3.63) is 30.2 Å². The van der Waals surface area contributed by atoms with Crippen molar-refractivity contribution in [3.63, 3.8) is 0 Å². The lowest BCUT2D eigenvalue weighted by Crippen LogP contribution is -2.47. The largest absolute Gasteiger partial charge is 0.440 e. The van der Waals surface area contributed by atoms with Gasteiger partial charge in [0, 0.05) is 13.1 Å². The Hall–Kier alpha value is -2.90. The second-order valence-corrected chi connectivity index (χ2v) is 7.47. The quantitative estimate of drug-likeness (QED) is 0.822. The molecule has 4 rings (SSSR count). The van der Waals surface area contributed by atoms with Crippen molar-refractivity contribution in [1.29, 1.82) is 0 Å². The third kappa shape index (κ3) is 3.15. The zero-order chi connectivity index (χ0) is 19.2. The minimum absolute atomic E-state index is 0.00669. The number of cyclic esters (lactones) is 1. The smallest absolute Gasteiger partial charge is 0.418 e. The predicted molar refractivity (Wildman–Crippen MR) is 94.8 cm³/mol.